The van der Waals surface area contributed by atoms with Crippen molar-refractivity contribution in [2.75, 3.05) is 18.5 Å². The number of nitrogens with zero attached hydrogens (tertiary/aromatic N) is 4. The second-order valence-electron chi connectivity index (χ2n) is 4.68. The number of likely N-dealkylation sites (N-methyl/N-ethyl adjacent to an activating group) is 1. The second kappa shape index (κ2) is 6.80. The van der Waals surface area contributed by atoms with E-state index in [9.17, 15) is 0 Å². The van der Waals surface area contributed by atoms with Gasteiger partial charge in [-0.25, -0.2) is 9.97 Å². The van der Waals surface area contributed by atoms with E-state index in [-0.39, 0.29) is 0 Å². The van der Waals surface area contributed by atoms with E-state index in [0.29, 0.717) is 0 Å². The molecule has 1 heterocycles. The fraction of sp³-hybridized carbons (Fsp3) is 0.312. The average Bonchev–Trinajstić information content (AvgIpc) is 2.48. The summed E-state index contributed by atoms with van der Waals surface area (Å²) in [4.78, 5) is 15.1. The lowest BCUT2D eigenvalue weighted by Crippen LogP contribution is -2.22. The fourth-order valence-electron chi connectivity index (χ4n) is 2.06. The molecule has 0 spiro atoms. The molecule has 0 amide bonds. The molecule has 4 heteroatoms. The molecule has 1 aromatic carbocycles. The van der Waals surface area contributed by atoms with Gasteiger partial charge in [-0.1, -0.05) is 30.3 Å². The summed E-state index contributed by atoms with van der Waals surface area (Å²) in [5.41, 5.74) is 3.08. The predicted octanol–water partition coefficient (Wildman–Crippen LogP) is 3.19. The largest absolute Gasteiger partial charge is 0.357 e. The zero-order valence-electron chi connectivity index (χ0n) is 12.2. The number of hydrogen-bond donors (Lipinski definition) is 0. The molecule has 0 radical (unpaired) electrons. The van der Waals surface area contributed by atoms with Crippen LogP contribution < -0.4 is 4.90 Å². The number of hydrogen-bond acceptors (Lipinski definition) is 4. The van der Waals surface area contributed by atoms with E-state index in [0.717, 1.165) is 30.2 Å². The van der Waals surface area contributed by atoms with E-state index in [1.807, 2.05) is 27.0 Å². The van der Waals surface area contributed by atoms with Crippen molar-refractivity contribution in [3.05, 3.63) is 47.9 Å². The smallest absolute Gasteiger partial charge is 0.157 e. The highest BCUT2D eigenvalue weighted by Gasteiger charge is 2.11. The average molecular weight is 268 g/mol. The maximum absolute atomic E-state index is 4.39. The molecule has 0 saturated carbocycles. The van der Waals surface area contributed by atoms with Gasteiger partial charge in [0.25, 0.3) is 0 Å². The molecule has 2 aromatic rings. The molecule has 2 rings (SSSR count). The predicted molar refractivity (Wildman–Crippen MR) is 84.0 cm³/mol. The highest BCUT2D eigenvalue weighted by atomic mass is 15.2. The number of rotatable bonds is 5. The Morgan fingerprint density at radius 2 is 1.95 bits per heavy atom. The number of aliphatic imine (C=N–C) groups is 1. The van der Waals surface area contributed by atoms with Gasteiger partial charge in [0.1, 0.15) is 12.0 Å². The van der Waals surface area contributed by atoms with Crippen LogP contribution >= 0.6 is 0 Å². The van der Waals surface area contributed by atoms with Crippen LogP contribution in [0.1, 0.15) is 18.2 Å². The van der Waals surface area contributed by atoms with Gasteiger partial charge in [-0.05, 0) is 25.8 Å². The molecule has 0 aliphatic carbocycles. The van der Waals surface area contributed by atoms with Crippen LogP contribution in [0.15, 0.2) is 41.7 Å². The number of aryl methyl sites for hydroxylation is 1. The van der Waals surface area contributed by atoms with E-state index in [1.165, 1.54) is 5.56 Å². The Labute approximate surface area is 120 Å². The van der Waals surface area contributed by atoms with Crippen LogP contribution in [0, 0.1) is 6.92 Å². The van der Waals surface area contributed by atoms with Gasteiger partial charge in [0.15, 0.2) is 5.82 Å². The van der Waals surface area contributed by atoms with Crippen LogP contribution in [-0.2, 0) is 6.42 Å². The molecule has 0 saturated heterocycles. The van der Waals surface area contributed by atoms with Gasteiger partial charge in [-0.2, -0.15) is 0 Å². The summed E-state index contributed by atoms with van der Waals surface area (Å²) in [5.74, 6) is 0.881. The zero-order chi connectivity index (χ0) is 14.4. The lowest BCUT2D eigenvalue weighted by molar-refractivity contribution is 0.853. The second-order valence-corrected chi connectivity index (χ2v) is 4.68. The Morgan fingerprint density at radius 1 is 1.20 bits per heavy atom. The van der Waals surface area contributed by atoms with Crippen LogP contribution in [-0.4, -0.2) is 29.8 Å². The van der Waals surface area contributed by atoms with Crippen molar-refractivity contribution in [3.8, 4) is 0 Å². The Hall–Kier alpha value is -2.23. The molecule has 20 heavy (non-hydrogen) atoms. The lowest BCUT2D eigenvalue weighted by atomic mass is 10.1. The van der Waals surface area contributed by atoms with Crippen LogP contribution in [0.2, 0.25) is 0 Å². The first-order chi connectivity index (χ1) is 9.72. The van der Waals surface area contributed by atoms with Gasteiger partial charge >= 0.3 is 0 Å². The summed E-state index contributed by atoms with van der Waals surface area (Å²) < 4.78 is 0. The maximum atomic E-state index is 4.39. The highest BCUT2D eigenvalue weighted by Crippen LogP contribution is 2.27. The number of benzene rings is 1. The molecule has 0 atom stereocenters. The summed E-state index contributed by atoms with van der Waals surface area (Å²) >= 11 is 0. The van der Waals surface area contributed by atoms with Crippen molar-refractivity contribution in [1.29, 1.82) is 0 Å². The van der Waals surface area contributed by atoms with Gasteiger partial charge in [-0.3, -0.25) is 4.99 Å². The fourth-order valence-corrected chi connectivity index (χ4v) is 2.06. The molecule has 0 aliphatic rings. The van der Waals surface area contributed by atoms with Crippen LogP contribution in [0.3, 0.4) is 0 Å². The molecule has 4 nitrogen and oxygen atoms in total. The molecule has 0 bridgehead atoms. The minimum Gasteiger partial charge on any atom is -0.357 e. The SMILES string of the molecule is CC=Nc1c(C)ncnc1N(C)CCc1ccccc1. The van der Waals surface area contributed by atoms with Crippen LogP contribution in [0.4, 0.5) is 11.5 Å². The van der Waals surface area contributed by atoms with Gasteiger partial charge in [0.05, 0.1) is 5.69 Å². The van der Waals surface area contributed by atoms with E-state index in [2.05, 4.69) is 44.1 Å². The third-order valence-corrected chi connectivity index (χ3v) is 3.18. The van der Waals surface area contributed by atoms with E-state index in [1.54, 1.807) is 12.5 Å². The molecule has 0 N–H and O–H groups in total. The highest BCUT2D eigenvalue weighted by molar-refractivity contribution is 5.70. The summed E-state index contributed by atoms with van der Waals surface area (Å²) in [6.07, 6.45) is 4.36. The van der Waals surface area contributed by atoms with E-state index < -0.39 is 0 Å². The molecule has 0 unspecified atom stereocenters. The molecule has 1 aromatic heterocycles. The van der Waals surface area contributed by atoms with Gasteiger partial charge in [-0.15, -0.1) is 0 Å². The normalized spacial score (nSPS) is 10.9. The molecule has 0 fully saturated rings. The number of anilines is 1. The summed E-state index contributed by atoms with van der Waals surface area (Å²) in [6.45, 7) is 4.76. The summed E-state index contributed by atoms with van der Waals surface area (Å²) in [5, 5.41) is 0. The monoisotopic (exact) mass is 268 g/mol. The van der Waals surface area contributed by atoms with Gasteiger partial charge in [0.2, 0.25) is 0 Å². The van der Waals surface area contributed by atoms with Crippen molar-refractivity contribution in [2.24, 2.45) is 4.99 Å². The van der Waals surface area contributed by atoms with Crippen molar-refractivity contribution < 1.29 is 0 Å². The Bertz CT molecular complexity index is 578. The molecule has 0 aliphatic heterocycles. The summed E-state index contributed by atoms with van der Waals surface area (Å²) in [6, 6.07) is 10.5. The first-order valence-corrected chi connectivity index (χ1v) is 6.77. The number of aromatic nitrogens is 2. The van der Waals surface area contributed by atoms with Crippen molar-refractivity contribution in [3.63, 3.8) is 0 Å². The molecule has 104 valence electrons. The first kappa shape index (κ1) is 14.2. The Balaban J connectivity index is 2.13. The van der Waals surface area contributed by atoms with Crippen molar-refractivity contribution in [1.82, 2.24) is 9.97 Å². The zero-order valence-corrected chi connectivity index (χ0v) is 12.2. The van der Waals surface area contributed by atoms with E-state index in [4.69, 9.17) is 0 Å². The topological polar surface area (TPSA) is 41.4 Å². The molecular formula is C16H20N4. The Kier molecular flexibility index (Phi) is 4.82. The quantitative estimate of drug-likeness (QED) is 0.782. The standard InChI is InChI=1S/C16H20N4/c1-4-17-15-13(2)18-12-19-16(15)20(3)11-10-14-8-6-5-7-9-14/h4-9,12H,10-11H2,1-3H3. The lowest BCUT2D eigenvalue weighted by Gasteiger charge is -2.20. The minimum atomic E-state index is 0.852. The Morgan fingerprint density at radius 3 is 2.65 bits per heavy atom. The van der Waals surface area contributed by atoms with Crippen LogP contribution in [0.25, 0.3) is 0 Å². The van der Waals surface area contributed by atoms with Gasteiger partial charge < -0.3 is 4.90 Å². The van der Waals surface area contributed by atoms with E-state index >= 15 is 0 Å². The third-order valence-electron chi connectivity index (χ3n) is 3.18. The molecular weight excluding hydrogens is 248 g/mol. The third kappa shape index (κ3) is 3.41. The van der Waals surface area contributed by atoms with Crippen molar-refractivity contribution in [2.45, 2.75) is 20.3 Å². The minimum absolute atomic E-state index is 0.852. The first-order valence-electron chi connectivity index (χ1n) is 6.77. The van der Waals surface area contributed by atoms with Crippen molar-refractivity contribution >= 4 is 17.7 Å². The summed E-state index contributed by atoms with van der Waals surface area (Å²) in [7, 11) is 2.04. The van der Waals surface area contributed by atoms with Crippen LogP contribution in [0.5, 0.6) is 0 Å². The maximum Gasteiger partial charge on any atom is 0.157 e. The van der Waals surface area contributed by atoms with Gasteiger partial charge in [0, 0.05) is 19.8 Å².